The Hall–Kier alpha value is -3.04. The van der Waals surface area contributed by atoms with Crippen molar-refractivity contribution in [2.24, 2.45) is 5.92 Å². The molecule has 0 bridgehead atoms. The summed E-state index contributed by atoms with van der Waals surface area (Å²) in [4.78, 5) is 20.1. The second kappa shape index (κ2) is 7.41. The van der Waals surface area contributed by atoms with Crippen LogP contribution >= 0.6 is 0 Å². The first-order chi connectivity index (χ1) is 13.8. The SMILES string of the molecule is CC(Oc1nc(-c2cnn(C(C)C)c2)cc2ncn(C(F)F)c12)C1CNC(=O)C1. The summed E-state index contributed by atoms with van der Waals surface area (Å²) in [6, 6.07) is 1.82. The lowest BCUT2D eigenvalue weighted by atomic mass is 10.0. The monoisotopic (exact) mass is 404 g/mol. The maximum atomic E-state index is 13.5. The van der Waals surface area contributed by atoms with Gasteiger partial charge < -0.3 is 10.1 Å². The fourth-order valence-corrected chi connectivity index (χ4v) is 3.39. The molecule has 2 atom stereocenters. The number of hydrogen-bond acceptors (Lipinski definition) is 5. The van der Waals surface area contributed by atoms with Gasteiger partial charge in [0.1, 0.15) is 17.9 Å². The predicted molar refractivity (Wildman–Crippen MR) is 102 cm³/mol. The van der Waals surface area contributed by atoms with E-state index < -0.39 is 6.55 Å². The minimum Gasteiger partial charge on any atom is -0.473 e. The smallest absolute Gasteiger partial charge is 0.320 e. The van der Waals surface area contributed by atoms with Crippen molar-refractivity contribution in [3.8, 4) is 17.1 Å². The van der Waals surface area contributed by atoms with Crippen LogP contribution in [0.3, 0.4) is 0 Å². The summed E-state index contributed by atoms with van der Waals surface area (Å²) in [5.41, 5.74) is 1.76. The number of amides is 1. The Labute approximate surface area is 165 Å². The molecule has 154 valence electrons. The van der Waals surface area contributed by atoms with Crippen LogP contribution in [0.2, 0.25) is 0 Å². The lowest BCUT2D eigenvalue weighted by Gasteiger charge is -2.20. The first-order valence-electron chi connectivity index (χ1n) is 9.47. The molecule has 1 aliphatic heterocycles. The Kier molecular flexibility index (Phi) is 4.93. The molecule has 10 heteroatoms. The molecule has 1 N–H and O–H groups in total. The highest BCUT2D eigenvalue weighted by atomic mass is 19.3. The Morgan fingerprint density at radius 1 is 1.31 bits per heavy atom. The van der Waals surface area contributed by atoms with Crippen molar-refractivity contribution < 1.29 is 18.3 Å². The van der Waals surface area contributed by atoms with Crippen LogP contribution in [0.5, 0.6) is 5.88 Å². The summed E-state index contributed by atoms with van der Waals surface area (Å²) in [5.74, 6) is -0.0370. The number of alkyl halides is 2. The van der Waals surface area contributed by atoms with E-state index in [-0.39, 0.29) is 35.4 Å². The number of carbonyl (C=O) groups excluding carboxylic acids is 1. The average Bonchev–Trinajstić information content (AvgIpc) is 3.40. The highest BCUT2D eigenvalue weighted by Gasteiger charge is 2.29. The van der Waals surface area contributed by atoms with Gasteiger partial charge in [-0.05, 0) is 26.8 Å². The van der Waals surface area contributed by atoms with Gasteiger partial charge in [-0.1, -0.05) is 0 Å². The molecule has 0 aliphatic carbocycles. The number of rotatable bonds is 6. The van der Waals surface area contributed by atoms with Gasteiger partial charge >= 0.3 is 6.55 Å². The minimum absolute atomic E-state index is 0.0453. The normalized spacial score (nSPS) is 18.0. The predicted octanol–water partition coefficient (Wildman–Crippen LogP) is 3.17. The van der Waals surface area contributed by atoms with Crippen molar-refractivity contribution in [3.05, 3.63) is 24.8 Å². The third-order valence-electron chi connectivity index (χ3n) is 5.13. The summed E-state index contributed by atoms with van der Waals surface area (Å²) in [7, 11) is 0. The number of fused-ring (bicyclic) bond motifs is 1. The molecule has 1 saturated heterocycles. The van der Waals surface area contributed by atoms with Crippen LogP contribution in [0.25, 0.3) is 22.3 Å². The van der Waals surface area contributed by atoms with Crippen LogP contribution in [0.1, 0.15) is 39.8 Å². The van der Waals surface area contributed by atoms with E-state index in [2.05, 4.69) is 20.4 Å². The number of aromatic nitrogens is 5. The fraction of sp³-hybridized carbons (Fsp3) is 0.474. The van der Waals surface area contributed by atoms with Crippen LogP contribution in [0.4, 0.5) is 8.78 Å². The second-order valence-electron chi connectivity index (χ2n) is 7.50. The lowest BCUT2D eigenvalue weighted by Crippen LogP contribution is -2.26. The topological polar surface area (TPSA) is 86.9 Å². The van der Waals surface area contributed by atoms with Gasteiger partial charge in [0.2, 0.25) is 11.8 Å². The van der Waals surface area contributed by atoms with E-state index in [1.165, 1.54) is 0 Å². The molecule has 0 spiro atoms. The molecule has 4 heterocycles. The quantitative estimate of drug-likeness (QED) is 0.682. The Balaban J connectivity index is 1.76. The molecule has 1 amide bonds. The van der Waals surface area contributed by atoms with E-state index in [1.54, 1.807) is 16.9 Å². The van der Waals surface area contributed by atoms with E-state index in [0.717, 1.165) is 16.5 Å². The number of imidazole rings is 1. The molecule has 0 saturated carbocycles. The fourth-order valence-electron chi connectivity index (χ4n) is 3.39. The largest absolute Gasteiger partial charge is 0.473 e. The van der Waals surface area contributed by atoms with Crippen molar-refractivity contribution in [2.45, 2.75) is 45.9 Å². The number of halogens is 2. The highest BCUT2D eigenvalue weighted by molar-refractivity contribution is 5.84. The average molecular weight is 404 g/mol. The molecule has 1 fully saturated rings. The highest BCUT2D eigenvalue weighted by Crippen LogP contribution is 2.33. The summed E-state index contributed by atoms with van der Waals surface area (Å²) in [6.07, 6.45) is 4.54. The third-order valence-corrected chi connectivity index (χ3v) is 5.13. The molecule has 4 rings (SSSR count). The molecule has 8 nitrogen and oxygen atoms in total. The van der Waals surface area contributed by atoms with Crippen molar-refractivity contribution in [1.82, 2.24) is 29.6 Å². The zero-order valence-electron chi connectivity index (χ0n) is 16.3. The number of hydrogen-bond donors (Lipinski definition) is 1. The summed E-state index contributed by atoms with van der Waals surface area (Å²) >= 11 is 0. The van der Waals surface area contributed by atoms with Gasteiger partial charge in [-0.3, -0.25) is 14.0 Å². The van der Waals surface area contributed by atoms with Gasteiger partial charge in [0, 0.05) is 36.7 Å². The summed E-state index contributed by atoms with van der Waals surface area (Å²) < 4.78 is 35.5. The van der Waals surface area contributed by atoms with Crippen LogP contribution in [-0.4, -0.2) is 42.9 Å². The van der Waals surface area contributed by atoms with Crippen LogP contribution in [-0.2, 0) is 4.79 Å². The molecule has 29 heavy (non-hydrogen) atoms. The Bertz CT molecular complexity index is 1040. The molecule has 0 radical (unpaired) electrons. The maximum Gasteiger partial charge on any atom is 0.320 e. The molecular formula is C19H22F2N6O2. The standard InChI is InChI=1S/C19H22F2N6O2/c1-10(2)27-8-13(7-24-27)14-5-15-17(26(9-23-15)19(20)21)18(25-14)29-11(3)12-4-16(28)22-6-12/h5,7-12,19H,4,6H2,1-3H3,(H,22,28). The van der Waals surface area contributed by atoms with E-state index in [1.807, 2.05) is 27.0 Å². The van der Waals surface area contributed by atoms with Gasteiger partial charge in [0.25, 0.3) is 0 Å². The minimum atomic E-state index is -2.77. The summed E-state index contributed by atoms with van der Waals surface area (Å²) in [5, 5.41) is 7.07. The summed E-state index contributed by atoms with van der Waals surface area (Å²) in [6.45, 7) is 3.53. The van der Waals surface area contributed by atoms with E-state index in [4.69, 9.17) is 4.74 Å². The number of nitrogens with zero attached hydrogens (tertiary/aromatic N) is 5. The molecule has 1 aliphatic rings. The van der Waals surface area contributed by atoms with Gasteiger partial charge in [-0.2, -0.15) is 13.9 Å². The molecule has 2 unspecified atom stereocenters. The van der Waals surface area contributed by atoms with Crippen molar-refractivity contribution in [1.29, 1.82) is 0 Å². The molecule has 3 aromatic heterocycles. The van der Waals surface area contributed by atoms with Crippen molar-refractivity contribution in [2.75, 3.05) is 6.54 Å². The number of carbonyl (C=O) groups is 1. The van der Waals surface area contributed by atoms with E-state index in [0.29, 0.717) is 24.2 Å². The van der Waals surface area contributed by atoms with E-state index >= 15 is 0 Å². The Morgan fingerprint density at radius 3 is 2.72 bits per heavy atom. The second-order valence-corrected chi connectivity index (χ2v) is 7.50. The number of nitrogens with one attached hydrogen (secondary N) is 1. The van der Waals surface area contributed by atoms with Crippen LogP contribution < -0.4 is 10.1 Å². The van der Waals surface area contributed by atoms with Gasteiger partial charge in [0.05, 0.1) is 17.4 Å². The molecular weight excluding hydrogens is 382 g/mol. The van der Waals surface area contributed by atoms with Crippen LogP contribution in [0.15, 0.2) is 24.8 Å². The van der Waals surface area contributed by atoms with Crippen molar-refractivity contribution >= 4 is 16.9 Å². The van der Waals surface area contributed by atoms with Gasteiger partial charge in [0.15, 0.2) is 0 Å². The third kappa shape index (κ3) is 3.66. The first-order valence-corrected chi connectivity index (χ1v) is 9.47. The molecule has 3 aromatic rings. The van der Waals surface area contributed by atoms with E-state index in [9.17, 15) is 13.6 Å². The van der Waals surface area contributed by atoms with Crippen molar-refractivity contribution in [3.63, 3.8) is 0 Å². The zero-order valence-corrected chi connectivity index (χ0v) is 16.3. The van der Waals surface area contributed by atoms with Crippen LogP contribution in [0, 0.1) is 5.92 Å². The number of pyridine rings is 1. The van der Waals surface area contributed by atoms with Gasteiger partial charge in [-0.25, -0.2) is 9.97 Å². The lowest BCUT2D eigenvalue weighted by molar-refractivity contribution is -0.119. The Morgan fingerprint density at radius 2 is 2.10 bits per heavy atom. The van der Waals surface area contributed by atoms with Gasteiger partial charge in [-0.15, -0.1) is 0 Å². The molecule has 0 aromatic carbocycles. The maximum absolute atomic E-state index is 13.5. The first kappa shape index (κ1) is 19.3. The number of ether oxygens (including phenoxy) is 1. The zero-order chi connectivity index (χ0) is 20.7.